The van der Waals surface area contributed by atoms with Crippen LogP contribution < -0.4 is 8.92 Å². The van der Waals surface area contributed by atoms with Gasteiger partial charge >= 0.3 is 10.1 Å². The van der Waals surface area contributed by atoms with Gasteiger partial charge in [0.05, 0.1) is 22.5 Å². The van der Waals surface area contributed by atoms with E-state index in [9.17, 15) is 18.0 Å². The molecule has 0 N–H and O–H groups in total. The number of ether oxygens (including phenoxy) is 1. The van der Waals surface area contributed by atoms with Crippen molar-refractivity contribution in [3.63, 3.8) is 0 Å². The van der Waals surface area contributed by atoms with E-state index in [0.29, 0.717) is 15.1 Å². The highest BCUT2D eigenvalue weighted by atomic mass is 79.9. The molecule has 1 saturated heterocycles. The normalized spacial score (nSPS) is 14.9. The Kier molecular flexibility index (Phi) is 8.33. The fourth-order valence-electron chi connectivity index (χ4n) is 3.44. The fraction of sp³-hybridized carbons (Fsp3) is 0.154. The molecule has 1 fully saturated rings. The molecule has 0 atom stereocenters. The van der Waals surface area contributed by atoms with E-state index in [1.54, 1.807) is 61.5 Å². The van der Waals surface area contributed by atoms with Crippen molar-refractivity contribution >= 4 is 66.6 Å². The second-order valence-electron chi connectivity index (χ2n) is 8.01. The van der Waals surface area contributed by atoms with Crippen molar-refractivity contribution in [1.29, 1.82) is 0 Å². The number of thioether (sulfide) groups is 1. The SMILES string of the molecule is CCOc1cc(/C=C2\SC(=O)N(Cc3ccc(Cl)cc3)C2=O)cc(Br)c1OS(=O)(=O)c1ccc(C)cc1. The van der Waals surface area contributed by atoms with Crippen LogP contribution in [0.15, 0.2) is 74.9 Å². The predicted molar refractivity (Wildman–Crippen MR) is 147 cm³/mol. The maximum absolute atomic E-state index is 13.0. The second kappa shape index (κ2) is 11.3. The smallest absolute Gasteiger partial charge is 0.339 e. The third-order valence-corrected chi connectivity index (χ3v) is 8.24. The minimum atomic E-state index is -4.13. The van der Waals surface area contributed by atoms with E-state index in [4.69, 9.17) is 20.5 Å². The molecule has 1 aliphatic heterocycles. The fourth-order valence-corrected chi connectivity index (χ4v) is 6.01. The van der Waals surface area contributed by atoms with Crippen LogP contribution in [0.3, 0.4) is 0 Å². The molecule has 2 amide bonds. The predicted octanol–water partition coefficient (Wildman–Crippen LogP) is 6.81. The lowest BCUT2D eigenvalue weighted by Crippen LogP contribution is -2.27. The lowest BCUT2D eigenvalue weighted by Gasteiger charge is -2.15. The summed E-state index contributed by atoms with van der Waals surface area (Å²) in [5.41, 5.74) is 2.20. The summed E-state index contributed by atoms with van der Waals surface area (Å²) < 4.78 is 37.1. The van der Waals surface area contributed by atoms with E-state index < -0.39 is 16.0 Å². The van der Waals surface area contributed by atoms with Crippen molar-refractivity contribution in [3.8, 4) is 11.5 Å². The van der Waals surface area contributed by atoms with Gasteiger partial charge in [-0.2, -0.15) is 8.42 Å². The molecule has 37 heavy (non-hydrogen) atoms. The van der Waals surface area contributed by atoms with Gasteiger partial charge in [-0.15, -0.1) is 0 Å². The van der Waals surface area contributed by atoms with E-state index in [-0.39, 0.29) is 39.7 Å². The Labute approximate surface area is 232 Å². The molecular weight excluding hydrogens is 602 g/mol. The summed E-state index contributed by atoms with van der Waals surface area (Å²) in [5.74, 6) is -0.282. The summed E-state index contributed by atoms with van der Waals surface area (Å²) in [6.07, 6.45) is 1.55. The molecular formula is C26H21BrClNO6S2. The summed E-state index contributed by atoms with van der Waals surface area (Å²) in [7, 11) is -4.13. The number of imide groups is 1. The quantitative estimate of drug-likeness (QED) is 0.201. The van der Waals surface area contributed by atoms with E-state index in [1.165, 1.54) is 12.1 Å². The molecule has 0 radical (unpaired) electrons. The number of aryl methyl sites for hydroxylation is 1. The minimum absolute atomic E-state index is 0.00545. The Balaban J connectivity index is 1.61. The van der Waals surface area contributed by atoms with Gasteiger partial charge in [0.25, 0.3) is 11.1 Å². The number of hydrogen-bond acceptors (Lipinski definition) is 7. The van der Waals surface area contributed by atoms with E-state index in [2.05, 4.69) is 15.9 Å². The van der Waals surface area contributed by atoms with Crippen molar-refractivity contribution in [1.82, 2.24) is 4.90 Å². The number of halogens is 2. The van der Waals surface area contributed by atoms with Crippen LogP contribution in [0.2, 0.25) is 5.02 Å². The van der Waals surface area contributed by atoms with Gasteiger partial charge in [0.2, 0.25) is 0 Å². The monoisotopic (exact) mass is 621 g/mol. The highest BCUT2D eigenvalue weighted by Gasteiger charge is 2.35. The average molecular weight is 623 g/mol. The molecule has 192 valence electrons. The van der Waals surface area contributed by atoms with Crippen LogP contribution in [-0.2, 0) is 21.5 Å². The van der Waals surface area contributed by atoms with Crippen LogP contribution >= 0.6 is 39.3 Å². The van der Waals surface area contributed by atoms with Gasteiger partial charge < -0.3 is 8.92 Å². The average Bonchev–Trinajstić information content (AvgIpc) is 3.10. The number of hydrogen-bond donors (Lipinski definition) is 0. The summed E-state index contributed by atoms with van der Waals surface area (Å²) in [6.45, 7) is 3.97. The number of carbonyl (C=O) groups excluding carboxylic acids is 2. The second-order valence-corrected chi connectivity index (χ2v) is 11.8. The van der Waals surface area contributed by atoms with Crippen molar-refractivity contribution in [3.05, 3.63) is 91.8 Å². The number of carbonyl (C=O) groups is 2. The first-order valence-corrected chi connectivity index (χ1v) is 14.4. The molecule has 0 aliphatic carbocycles. The third kappa shape index (κ3) is 6.38. The largest absolute Gasteiger partial charge is 0.490 e. The van der Waals surface area contributed by atoms with Crippen molar-refractivity contribution in [2.75, 3.05) is 6.61 Å². The molecule has 3 aromatic rings. The van der Waals surface area contributed by atoms with Crippen molar-refractivity contribution in [2.24, 2.45) is 0 Å². The molecule has 0 unspecified atom stereocenters. The molecule has 4 rings (SSSR count). The Morgan fingerprint density at radius 2 is 1.73 bits per heavy atom. The number of benzene rings is 3. The molecule has 11 heteroatoms. The molecule has 1 heterocycles. The van der Waals surface area contributed by atoms with Gasteiger partial charge in [0, 0.05) is 5.02 Å². The van der Waals surface area contributed by atoms with Crippen LogP contribution in [0.25, 0.3) is 6.08 Å². The Morgan fingerprint density at radius 3 is 2.38 bits per heavy atom. The molecule has 7 nitrogen and oxygen atoms in total. The summed E-state index contributed by atoms with van der Waals surface area (Å²) in [4.78, 5) is 26.9. The maximum Gasteiger partial charge on any atom is 0.339 e. The van der Waals surface area contributed by atoms with Crippen molar-refractivity contribution in [2.45, 2.75) is 25.3 Å². The van der Waals surface area contributed by atoms with Crippen LogP contribution in [-0.4, -0.2) is 31.1 Å². The van der Waals surface area contributed by atoms with Gasteiger partial charge in [0.1, 0.15) is 4.90 Å². The van der Waals surface area contributed by atoms with E-state index in [1.807, 2.05) is 6.92 Å². The Bertz CT molecular complexity index is 1490. The number of rotatable bonds is 8. The van der Waals surface area contributed by atoms with Gasteiger partial charge in [0.15, 0.2) is 11.5 Å². The van der Waals surface area contributed by atoms with E-state index >= 15 is 0 Å². The molecule has 0 saturated carbocycles. The number of nitrogens with zero attached hydrogens (tertiary/aromatic N) is 1. The van der Waals surface area contributed by atoms with Gasteiger partial charge in [-0.05, 0) is 95.1 Å². The summed E-state index contributed by atoms with van der Waals surface area (Å²) in [5, 5.41) is 0.173. The van der Waals surface area contributed by atoms with Crippen LogP contribution in [0.1, 0.15) is 23.6 Å². The third-order valence-electron chi connectivity index (χ3n) is 5.26. The standard InChI is InChI=1S/C26H21BrClNO6S2/c1-3-34-22-13-18(12-21(27)24(22)35-37(32,33)20-10-4-16(2)5-11-20)14-23-25(30)29(26(31)36-23)15-17-6-8-19(28)9-7-17/h4-14H,3,15H2,1-2H3/b23-14-. The van der Waals surface area contributed by atoms with Gasteiger partial charge in [-0.3, -0.25) is 14.5 Å². The lowest BCUT2D eigenvalue weighted by molar-refractivity contribution is -0.123. The maximum atomic E-state index is 13.0. The molecule has 0 spiro atoms. The first-order chi connectivity index (χ1) is 17.6. The van der Waals surface area contributed by atoms with Crippen LogP contribution in [0, 0.1) is 6.92 Å². The summed E-state index contributed by atoms with van der Waals surface area (Å²) >= 11 is 10.1. The topological polar surface area (TPSA) is 90.0 Å². The van der Waals surface area contributed by atoms with Gasteiger partial charge in [-0.1, -0.05) is 41.4 Å². The van der Waals surface area contributed by atoms with Crippen molar-refractivity contribution < 1.29 is 26.9 Å². The highest BCUT2D eigenvalue weighted by molar-refractivity contribution is 9.10. The first-order valence-electron chi connectivity index (χ1n) is 11.0. The van der Waals surface area contributed by atoms with Crippen LogP contribution in [0.5, 0.6) is 11.5 Å². The summed E-state index contributed by atoms with van der Waals surface area (Å²) in [6, 6.07) is 16.3. The zero-order valence-electron chi connectivity index (χ0n) is 19.7. The van der Waals surface area contributed by atoms with Gasteiger partial charge in [-0.25, -0.2) is 0 Å². The molecule has 3 aromatic carbocycles. The zero-order valence-corrected chi connectivity index (χ0v) is 23.7. The van der Waals surface area contributed by atoms with E-state index in [0.717, 1.165) is 27.8 Å². The first kappa shape index (κ1) is 27.3. The highest BCUT2D eigenvalue weighted by Crippen LogP contribution is 2.41. The molecule has 0 bridgehead atoms. The molecule has 0 aromatic heterocycles. The Morgan fingerprint density at radius 1 is 1.05 bits per heavy atom. The number of amides is 2. The lowest BCUT2D eigenvalue weighted by atomic mass is 10.1. The minimum Gasteiger partial charge on any atom is -0.490 e. The Hall–Kier alpha value is -2.79. The molecule has 1 aliphatic rings. The van der Waals surface area contributed by atoms with Crippen LogP contribution in [0.4, 0.5) is 4.79 Å². The zero-order chi connectivity index (χ0) is 26.7.